The zero-order chi connectivity index (χ0) is 13.0. The molecule has 18 heavy (non-hydrogen) atoms. The van der Waals surface area contributed by atoms with Crippen LogP contribution in [0.25, 0.3) is 0 Å². The minimum atomic E-state index is 0.0681. The molecule has 4 aliphatic rings. The number of hydrogen-bond donors (Lipinski definition) is 1. The van der Waals surface area contributed by atoms with E-state index in [1.54, 1.807) is 6.08 Å². The van der Waals surface area contributed by atoms with Gasteiger partial charge in [0.25, 0.3) is 0 Å². The van der Waals surface area contributed by atoms with Crippen molar-refractivity contribution in [2.24, 2.45) is 16.7 Å². The minimum absolute atomic E-state index is 0.0681. The maximum atomic E-state index is 8.99. The molecular weight excluding hydrogens is 224 g/mol. The van der Waals surface area contributed by atoms with E-state index in [4.69, 9.17) is 9.84 Å². The van der Waals surface area contributed by atoms with Gasteiger partial charge in [-0.1, -0.05) is 13.8 Å². The Hall–Kier alpha value is -0.500. The highest BCUT2D eigenvalue weighted by Gasteiger charge is 2.61. The zero-order valence-electron chi connectivity index (χ0n) is 12.0. The molecule has 0 heterocycles. The largest absolute Gasteiger partial charge is 0.492 e. The van der Waals surface area contributed by atoms with Crippen molar-refractivity contribution in [1.29, 1.82) is 0 Å². The Morgan fingerprint density at radius 3 is 2.28 bits per heavy atom. The van der Waals surface area contributed by atoms with E-state index in [-0.39, 0.29) is 12.2 Å². The van der Waals surface area contributed by atoms with E-state index in [2.05, 4.69) is 13.8 Å². The van der Waals surface area contributed by atoms with Gasteiger partial charge in [-0.3, -0.25) is 0 Å². The van der Waals surface area contributed by atoms with Crippen LogP contribution >= 0.6 is 0 Å². The Balaban J connectivity index is 1.87. The van der Waals surface area contributed by atoms with Gasteiger partial charge in [0.1, 0.15) is 5.60 Å². The molecule has 0 aromatic heterocycles. The van der Waals surface area contributed by atoms with Gasteiger partial charge in [-0.2, -0.15) is 0 Å². The molecule has 4 fully saturated rings. The summed E-state index contributed by atoms with van der Waals surface area (Å²) >= 11 is 0. The van der Waals surface area contributed by atoms with Crippen molar-refractivity contribution in [3.05, 3.63) is 11.8 Å². The summed E-state index contributed by atoms with van der Waals surface area (Å²) in [5.74, 6) is 1.77. The molecule has 4 saturated carbocycles. The molecule has 4 bridgehead atoms. The van der Waals surface area contributed by atoms with Crippen LogP contribution in [0.15, 0.2) is 11.8 Å². The third-order valence-corrected chi connectivity index (χ3v) is 5.33. The van der Waals surface area contributed by atoms with E-state index in [1.165, 1.54) is 38.5 Å². The van der Waals surface area contributed by atoms with Crippen LogP contribution in [0.5, 0.6) is 0 Å². The summed E-state index contributed by atoms with van der Waals surface area (Å²) in [6.07, 6.45) is 9.63. The number of hydrogen-bond acceptors (Lipinski definition) is 2. The summed E-state index contributed by atoms with van der Waals surface area (Å²) in [6.45, 7) is 6.98. The first kappa shape index (κ1) is 12.5. The minimum Gasteiger partial charge on any atom is -0.492 e. The van der Waals surface area contributed by atoms with Crippen LogP contribution in [0.4, 0.5) is 0 Å². The topological polar surface area (TPSA) is 29.5 Å². The molecule has 0 spiro atoms. The molecule has 0 radical (unpaired) electrons. The lowest BCUT2D eigenvalue weighted by atomic mass is 9.43. The Morgan fingerprint density at radius 2 is 1.78 bits per heavy atom. The van der Waals surface area contributed by atoms with Crippen molar-refractivity contribution in [2.75, 3.05) is 6.61 Å². The molecule has 2 atom stereocenters. The van der Waals surface area contributed by atoms with Crippen LogP contribution in [0, 0.1) is 16.7 Å². The average Bonchev–Trinajstić information content (AvgIpc) is 2.09. The van der Waals surface area contributed by atoms with E-state index < -0.39 is 0 Å². The molecule has 4 rings (SSSR count). The van der Waals surface area contributed by atoms with Crippen LogP contribution in [0.3, 0.4) is 0 Å². The normalized spacial score (nSPS) is 50.7. The van der Waals surface area contributed by atoms with Crippen molar-refractivity contribution in [1.82, 2.24) is 0 Å². The monoisotopic (exact) mass is 250 g/mol. The van der Waals surface area contributed by atoms with Gasteiger partial charge in [-0.15, -0.1) is 0 Å². The summed E-state index contributed by atoms with van der Waals surface area (Å²) in [5.41, 5.74) is 1.06. The van der Waals surface area contributed by atoms with Crippen molar-refractivity contribution in [3.8, 4) is 0 Å². The number of rotatable bonds is 3. The molecule has 2 unspecified atom stereocenters. The predicted octanol–water partition coefficient (Wildman–Crippen LogP) is 3.65. The van der Waals surface area contributed by atoms with Gasteiger partial charge in [0.2, 0.25) is 0 Å². The van der Waals surface area contributed by atoms with Crippen molar-refractivity contribution in [2.45, 2.75) is 64.9 Å². The molecule has 1 N–H and O–H groups in total. The van der Waals surface area contributed by atoms with Gasteiger partial charge in [0, 0.05) is 0 Å². The van der Waals surface area contributed by atoms with E-state index in [0.29, 0.717) is 10.8 Å². The van der Waals surface area contributed by atoms with E-state index >= 15 is 0 Å². The van der Waals surface area contributed by atoms with Crippen LogP contribution in [0.2, 0.25) is 0 Å². The number of aliphatic hydroxyl groups excluding tert-OH is 1. The van der Waals surface area contributed by atoms with Crippen LogP contribution in [-0.2, 0) is 4.74 Å². The van der Waals surface area contributed by atoms with E-state index in [1.807, 2.05) is 6.92 Å². The maximum Gasteiger partial charge on any atom is 0.110 e. The highest BCUT2D eigenvalue weighted by molar-refractivity contribution is 5.13. The number of allylic oxidation sites excluding steroid dienone is 1. The Morgan fingerprint density at radius 1 is 1.17 bits per heavy atom. The lowest BCUT2D eigenvalue weighted by Crippen LogP contribution is -2.59. The molecule has 0 aromatic carbocycles. The molecule has 2 heteroatoms. The molecule has 102 valence electrons. The zero-order valence-corrected chi connectivity index (χ0v) is 12.0. The lowest BCUT2D eigenvalue weighted by molar-refractivity contribution is -0.198. The van der Waals surface area contributed by atoms with Crippen molar-refractivity contribution in [3.63, 3.8) is 0 Å². The maximum absolute atomic E-state index is 8.99. The summed E-state index contributed by atoms with van der Waals surface area (Å²) < 4.78 is 6.32. The van der Waals surface area contributed by atoms with Gasteiger partial charge in [-0.25, -0.2) is 0 Å². The highest BCUT2D eigenvalue weighted by Crippen LogP contribution is 2.67. The summed E-state index contributed by atoms with van der Waals surface area (Å²) in [5, 5.41) is 8.99. The smallest absolute Gasteiger partial charge is 0.110 e. The second kappa shape index (κ2) is 3.75. The first-order valence-electron chi connectivity index (χ1n) is 7.33. The average molecular weight is 250 g/mol. The van der Waals surface area contributed by atoms with Gasteiger partial charge < -0.3 is 9.84 Å². The second-order valence-corrected chi connectivity index (χ2v) is 7.91. The molecule has 0 amide bonds. The van der Waals surface area contributed by atoms with E-state index in [0.717, 1.165) is 11.7 Å². The third-order valence-electron chi connectivity index (χ3n) is 5.33. The van der Waals surface area contributed by atoms with Crippen molar-refractivity contribution < 1.29 is 9.84 Å². The lowest BCUT2D eigenvalue weighted by Gasteiger charge is -2.64. The fourth-order valence-corrected chi connectivity index (χ4v) is 5.97. The highest BCUT2D eigenvalue weighted by atomic mass is 16.5. The van der Waals surface area contributed by atoms with E-state index in [9.17, 15) is 0 Å². The van der Waals surface area contributed by atoms with Gasteiger partial charge in [0.15, 0.2) is 0 Å². The molecule has 2 nitrogen and oxygen atoms in total. The molecule has 4 aliphatic carbocycles. The summed E-state index contributed by atoms with van der Waals surface area (Å²) in [7, 11) is 0. The van der Waals surface area contributed by atoms with Gasteiger partial charge in [-0.05, 0) is 68.3 Å². The first-order chi connectivity index (χ1) is 8.36. The first-order valence-corrected chi connectivity index (χ1v) is 7.33. The Bertz CT molecular complexity index is 367. The molecule has 0 aromatic rings. The summed E-state index contributed by atoms with van der Waals surface area (Å²) in [4.78, 5) is 0. The Kier molecular flexibility index (Phi) is 2.61. The summed E-state index contributed by atoms with van der Waals surface area (Å²) in [6, 6.07) is 0. The fourth-order valence-electron chi connectivity index (χ4n) is 5.97. The predicted molar refractivity (Wildman–Crippen MR) is 72.1 cm³/mol. The Labute approximate surface area is 110 Å². The van der Waals surface area contributed by atoms with Crippen LogP contribution in [0.1, 0.15) is 59.3 Å². The van der Waals surface area contributed by atoms with Crippen LogP contribution in [-0.4, -0.2) is 17.3 Å². The van der Waals surface area contributed by atoms with Gasteiger partial charge >= 0.3 is 0 Å². The standard InChI is InChI=1S/C16H26O2/c1-12(4-5-17)18-16-8-13-6-14(2,10-16)9-15(3,7-13)11-16/h4,13,17H,5-11H2,1-3H3. The fraction of sp³-hybridized carbons (Fsp3) is 0.875. The molecule has 0 saturated heterocycles. The van der Waals surface area contributed by atoms with Gasteiger partial charge in [0.05, 0.1) is 12.4 Å². The SMILES string of the molecule is CC(=CCO)OC12CC3CC(C)(CC(C)(C3)C1)C2. The number of ether oxygens (including phenoxy) is 1. The quantitative estimate of drug-likeness (QED) is 0.775. The van der Waals surface area contributed by atoms with Crippen LogP contribution < -0.4 is 0 Å². The number of aliphatic hydroxyl groups is 1. The second-order valence-electron chi connectivity index (χ2n) is 7.91. The third kappa shape index (κ3) is 1.99. The molecule has 0 aliphatic heterocycles. The van der Waals surface area contributed by atoms with Crippen molar-refractivity contribution >= 4 is 0 Å². The molecular formula is C16H26O2.